The standard InChI is InChI=1S/C36H38BF3N2O8S/c1-34(2)35(3,4)50-37(49-34)27-15-8-20(16-25(27)33(44)47-6)19-42(51(7,45)46)28-18-29-26(17-24(28)21-9-10-21)30(32(43)41-5)31(48-29)22-11-13-23(14-12-22)36(38,39)40/h8,11-18,21H,9-10,19H2,1-7H3,(H,41,43). The highest BCUT2D eigenvalue weighted by molar-refractivity contribution is 7.92. The SMILES string of the molecule is CNC(=O)c1c(-c2ccc(C(F)(F)F)cc2)oc2cc(N(Cc3ccc(B4OC(C)(C)C(C)(C)O4)c(C(=O)OC)c3)S(C)(=O)=O)c(C3CC3)cc12. The van der Waals surface area contributed by atoms with E-state index in [1.54, 1.807) is 30.3 Å². The molecule has 1 aliphatic carbocycles. The highest BCUT2D eigenvalue weighted by Crippen LogP contribution is 2.48. The smallest absolute Gasteiger partial charge is 0.465 e. The van der Waals surface area contributed by atoms with E-state index in [1.807, 2.05) is 27.7 Å². The first kappa shape index (κ1) is 36.5. The lowest BCUT2D eigenvalue weighted by atomic mass is 9.75. The van der Waals surface area contributed by atoms with Gasteiger partial charge in [0.15, 0.2) is 0 Å². The number of carbonyl (C=O) groups excluding carboxylic acids is 2. The molecule has 1 N–H and O–H groups in total. The number of alkyl halides is 3. The minimum atomic E-state index is -4.55. The molecule has 4 aromatic rings. The summed E-state index contributed by atoms with van der Waals surface area (Å²) < 4.78 is 91.8. The minimum absolute atomic E-state index is 0.00742. The van der Waals surface area contributed by atoms with Crippen molar-refractivity contribution in [1.29, 1.82) is 0 Å². The fourth-order valence-corrected chi connectivity index (χ4v) is 7.06. The molecule has 0 unspecified atom stereocenters. The number of sulfonamides is 1. The third-order valence-corrected chi connectivity index (χ3v) is 10.9. The van der Waals surface area contributed by atoms with Crippen molar-refractivity contribution in [3.05, 3.63) is 82.4 Å². The van der Waals surface area contributed by atoms with Crippen molar-refractivity contribution in [2.45, 2.75) is 70.4 Å². The summed E-state index contributed by atoms with van der Waals surface area (Å²) in [5, 5.41) is 2.97. The largest absolute Gasteiger partial charge is 0.495 e. The number of hydrogen-bond donors (Lipinski definition) is 1. The van der Waals surface area contributed by atoms with Gasteiger partial charge >= 0.3 is 19.3 Å². The summed E-state index contributed by atoms with van der Waals surface area (Å²) in [6, 6.07) is 12.4. The second-order valence-electron chi connectivity index (χ2n) is 13.9. The summed E-state index contributed by atoms with van der Waals surface area (Å²) in [6.45, 7) is 7.38. The molecule has 2 heterocycles. The molecular weight excluding hydrogens is 688 g/mol. The van der Waals surface area contributed by atoms with Crippen LogP contribution in [0.4, 0.5) is 18.9 Å². The highest BCUT2D eigenvalue weighted by atomic mass is 32.2. The molecule has 10 nitrogen and oxygen atoms in total. The monoisotopic (exact) mass is 726 g/mol. The highest BCUT2D eigenvalue weighted by Gasteiger charge is 2.52. The molecule has 2 aliphatic rings. The zero-order valence-corrected chi connectivity index (χ0v) is 30.0. The number of furan rings is 1. The quantitative estimate of drug-likeness (QED) is 0.155. The third-order valence-electron chi connectivity index (χ3n) is 9.81. The number of fused-ring (bicyclic) bond motifs is 1. The number of benzene rings is 3. The third kappa shape index (κ3) is 6.86. The van der Waals surface area contributed by atoms with Crippen LogP contribution in [-0.2, 0) is 36.8 Å². The van der Waals surface area contributed by atoms with E-state index in [0.29, 0.717) is 27.7 Å². The predicted molar refractivity (Wildman–Crippen MR) is 187 cm³/mol. The number of hydrogen-bond acceptors (Lipinski definition) is 8. The van der Waals surface area contributed by atoms with Crippen LogP contribution in [-0.4, -0.2) is 59.0 Å². The van der Waals surface area contributed by atoms with Gasteiger partial charge < -0.3 is 23.8 Å². The zero-order chi connectivity index (χ0) is 37.3. The second kappa shape index (κ2) is 12.7. The van der Waals surface area contributed by atoms with Gasteiger partial charge in [-0.05, 0) is 87.3 Å². The van der Waals surface area contributed by atoms with Gasteiger partial charge in [-0.3, -0.25) is 9.10 Å². The number of ether oxygens (including phenoxy) is 1. The molecule has 1 aromatic heterocycles. The molecular formula is C36H38BF3N2O8S. The number of halogens is 3. The van der Waals surface area contributed by atoms with E-state index in [-0.39, 0.29) is 40.5 Å². The molecule has 6 rings (SSSR count). The van der Waals surface area contributed by atoms with Crippen molar-refractivity contribution >= 4 is 51.1 Å². The average molecular weight is 727 g/mol. The van der Waals surface area contributed by atoms with E-state index in [1.165, 1.54) is 30.6 Å². The molecule has 270 valence electrons. The van der Waals surface area contributed by atoms with E-state index in [4.69, 9.17) is 18.5 Å². The molecule has 0 spiro atoms. The number of amides is 1. The molecule has 1 aliphatic heterocycles. The number of carbonyl (C=O) groups is 2. The average Bonchev–Trinajstić information content (AvgIpc) is 3.80. The summed E-state index contributed by atoms with van der Waals surface area (Å²) >= 11 is 0. The van der Waals surface area contributed by atoms with Crippen LogP contribution in [0.3, 0.4) is 0 Å². The van der Waals surface area contributed by atoms with Crippen molar-refractivity contribution in [3.8, 4) is 11.3 Å². The maximum Gasteiger partial charge on any atom is 0.495 e. The number of rotatable bonds is 9. The summed E-state index contributed by atoms with van der Waals surface area (Å²) in [5.74, 6) is -1.13. The molecule has 1 saturated heterocycles. The Kier molecular flexibility index (Phi) is 9.08. The van der Waals surface area contributed by atoms with Crippen LogP contribution in [0.25, 0.3) is 22.3 Å². The lowest BCUT2D eigenvalue weighted by Gasteiger charge is -2.32. The summed E-state index contributed by atoms with van der Waals surface area (Å²) in [5.41, 5.74) is 0.364. The van der Waals surface area contributed by atoms with Crippen molar-refractivity contribution in [1.82, 2.24) is 5.32 Å². The first-order valence-electron chi connectivity index (χ1n) is 16.3. The van der Waals surface area contributed by atoms with Gasteiger partial charge in [0.2, 0.25) is 10.0 Å². The second-order valence-corrected chi connectivity index (χ2v) is 15.8. The van der Waals surface area contributed by atoms with Crippen molar-refractivity contribution in [3.63, 3.8) is 0 Å². The minimum Gasteiger partial charge on any atom is -0.465 e. The number of anilines is 1. The first-order valence-corrected chi connectivity index (χ1v) is 18.1. The molecule has 0 radical (unpaired) electrons. The molecule has 2 fully saturated rings. The Labute approximate surface area is 294 Å². The fraction of sp³-hybridized carbons (Fsp3) is 0.389. The Morgan fingerprint density at radius 2 is 1.63 bits per heavy atom. The Bertz CT molecular complexity index is 2130. The Morgan fingerprint density at radius 3 is 2.16 bits per heavy atom. The number of methoxy groups -OCH3 is 1. The lowest BCUT2D eigenvalue weighted by Crippen LogP contribution is -2.41. The van der Waals surface area contributed by atoms with Crippen LogP contribution in [0.5, 0.6) is 0 Å². The Balaban J connectivity index is 1.46. The van der Waals surface area contributed by atoms with Crippen LogP contribution < -0.4 is 15.1 Å². The lowest BCUT2D eigenvalue weighted by molar-refractivity contribution is -0.137. The summed E-state index contributed by atoms with van der Waals surface area (Å²) in [7, 11) is -2.16. The van der Waals surface area contributed by atoms with Gasteiger partial charge in [0.1, 0.15) is 11.3 Å². The molecule has 1 saturated carbocycles. The molecule has 0 atom stereocenters. The van der Waals surface area contributed by atoms with E-state index in [2.05, 4.69) is 5.32 Å². The van der Waals surface area contributed by atoms with Crippen molar-refractivity contribution in [2.75, 3.05) is 24.7 Å². The van der Waals surface area contributed by atoms with E-state index < -0.39 is 52.0 Å². The van der Waals surface area contributed by atoms with Gasteiger partial charge in [0.05, 0.1) is 53.5 Å². The maximum atomic E-state index is 13.5. The molecule has 51 heavy (non-hydrogen) atoms. The Hall–Kier alpha value is -4.34. The van der Waals surface area contributed by atoms with Gasteiger partial charge in [0, 0.05) is 24.1 Å². The molecule has 15 heteroatoms. The van der Waals surface area contributed by atoms with Crippen LogP contribution in [0, 0.1) is 0 Å². The van der Waals surface area contributed by atoms with Crippen molar-refractivity contribution < 1.29 is 49.6 Å². The maximum absolute atomic E-state index is 13.5. The van der Waals surface area contributed by atoms with E-state index in [9.17, 15) is 31.2 Å². The van der Waals surface area contributed by atoms with Gasteiger partial charge in [0.25, 0.3) is 5.91 Å². The number of esters is 1. The molecule has 3 aromatic carbocycles. The fourth-order valence-electron chi connectivity index (χ4n) is 6.16. The molecule has 0 bridgehead atoms. The number of nitrogens with zero attached hydrogens (tertiary/aromatic N) is 1. The molecule has 1 amide bonds. The van der Waals surface area contributed by atoms with E-state index in [0.717, 1.165) is 31.2 Å². The van der Waals surface area contributed by atoms with E-state index >= 15 is 0 Å². The summed E-state index contributed by atoms with van der Waals surface area (Å²) in [6.07, 6.45) is -1.92. The normalized spacial score (nSPS) is 17.1. The van der Waals surface area contributed by atoms with Crippen LogP contribution in [0.2, 0.25) is 0 Å². The topological polar surface area (TPSA) is 124 Å². The van der Waals surface area contributed by atoms with Gasteiger partial charge in [-0.25, -0.2) is 13.2 Å². The van der Waals surface area contributed by atoms with Gasteiger partial charge in [-0.1, -0.05) is 24.3 Å². The zero-order valence-electron chi connectivity index (χ0n) is 29.2. The Morgan fingerprint density at radius 1 is 1.00 bits per heavy atom. The van der Waals surface area contributed by atoms with Gasteiger partial charge in [-0.15, -0.1) is 0 Å². The number of nitrogens with one attached hydrogen (secondary N) is 1. The van der Waals surface area contributed by atoms with Crippen molar-refractivity contribution in [2.24, 2.45) is 0 Å². The predicted octanol–water partition coefficient (Wildman–Crippen LogP) is 6.41. The first-order chi connectivity index (χ1) is 23.8. The van der Waals surface area contributed by atoms with Gasteiger partial charge in [-0.2, -0.15) is 13.2 Å². The van der Waals surface area contributed by atoms with Crippen LogP contribution in [0.15, 0.2) is 59.0 Å². The summed E-state index contributed by atoms with van der Waals surface area (Å²) in [4.78, 5) is 26.3. The van der Waals surface area contributed by atoms with Crippen LogP contribution in [0.1, 0.15) is 83.9 Å². The van der Waals surface area contributed by atoms with Crippen LogP contribution >= 0.6 is 0 Å².